The maximum Gasteiger partial charge on any atom is 0.298 e. The van der Waals surface area contributed by atoms with Crippen molar-refractivity contribution in [2.75, 3.05) is 25.2 Å². The van der Waals surface area contributed by atoms with Gasteiger partial charge >= 0.3 is 0 Å². The topological polar surface area (TPSA) is 36.9 Å². The summed E-state index contributed by atoms with van der Waals surface area (Å²) in [6.07, 6.45) is 1.59. The quantitative estimate of drug-likeness (QED) is 0.132. The lowest BCUT2D eigenvalue weighted by Gasteiger charge is -2.45. The minimum Gasteiger partial charge on any atom is -0.450 e. The van der Waals surface area contributed by atoms with Crippen molar-refractivity contribution in [3.05, 3.63) is 54.6 Å². The molecule has 0 aromatic heterocycles. The van der Waals surface area contributed by atoms with E-state index in [0.29, 0.717) is 24.3 Å². The van der Waals surface area contributed by atoms with E-state index in [-0.39, 0.29) is 12.7 Å². The second kappa shape index (κ2) is 14.8. The monoisotopic (exact) mass is 854 g/mol. The highest BCUT2D eigenvalue weighted by Gasteiger charge is 2.63. The third kappa shape index (κ3) is 8.51. The van der Waals surface area contributed by atoms with Crippen LogP contribution in [0.3, 0.4) is 0 Å². The summed E-state index contributed by atoms with van der Waals surface area (Å²) in [5, 5.41) is 0.622. The van der Waals surface area contributed by atoms with E-state index in [0.717, 1.165) is 24.0 Å². The van der Waals surface area contributed by atoms with E-state index in [9.17, 15) is 0 Å². The lowest BCUT2D eigenvalue weighted by Crippen LogP contribution is -2.58. The van der Waals surface area contributed by atoms with Gasteiger partial charge in [-0.25, -0.2) is 0 Å². The highest BCUT2D eigenvalue weighted by atomic mass is 79.9. The van der Waals surface area contributed by atoms with E-state index in [1.165, 1.54) is 0 Å². The molecule has 2 rings (SSSR count). The Hall–Kier alpha value is 1.000. The Morgan fingerprint density at radius 2 is 1.44 bits per heavy atom. The summed E-state index contributed by atoms with van der Waals surface area (Å²) in [4.78, 5) is 0. The van der Waals surface area contributed by atoms with Crippen LogP contribution in [0.1, 0.15) is 26.7 Å². The van der Waals surface area contributed by atoms with Crippen molar-refractivity contribution >= 4 is 95.6 Å². The van der Waals surface area contributed by atoms with Gasteiger partial charge in [-0.05, 0) is 83.9 Å². The van der Waals surface area contributed by atoms with Crippen LogP contribution in [0.5, 0.6) is 5.75 Å². The number of rotatable bonds is 15. The van der Waals surface area contributed by atoms with Crippen molar-refractivity contribution in [2.45, 2.75) is 44.1 Å². The molecular formula is C24H28Br6O4. The standard InChI is InChI=1S/C24H28Br6O4/c1-3-13-31-21(16-25)17-33-24(30,22(26,27)23(28,29)32-14-4-2)34-20-12-8-11-19(15-20)18-9-6-5-7-10-18/h5-12,15,21H,3-4,13-14,16-17H2,1-2H3. The summed E-state index contributed by atoms with van der Waals surface area (Å²) in [6.45, 7) is 5.52. The van der Waals surface area contributed by atoms with Crippen molar-refractivity contribution in [3.63, 3.8) is 0 Å². The van der Waals surface area contributed by atoms with Gasteiger partial charge in [-0.2, -0.15) is 0 Å². The van der Waals surface area contributed by atoms with Gasteiger partial charge in [0.1, 0.15) is 5.75 Å². The summed E-state index contributed by atoms with van der Waals surface area (Å²) in [5.41, 5.74) is 2.12. The van der Waals surface area contributed by atoms with E-state index < -0.39 is 11.3 Å². The average Bonchev–Trinajstić information content (AvgIpc) is 2.83. The number of hydrogen-bond donors (Lipinski definition) is 0. The zero-order chi connectivity index (χ0) is 25.2. The molecule has 0 aliphatic heterocycles. The van der Waals surface area contributed by atoms with Crippen LogP contribution in [-0.2, 0) is 14.2 Å². The first-order valence-electron chi connectivity index (χ1n) is 10.8. The van der Waals surface area contributed by atoms with Crippen molar-refractivity contribution in [1.82, 2.24) is 0 Å². The molecule has 0 spiro atoms. The average molecular weight is 860 g/mol. The molecule has 10 heteroatoms. The van der Waals surface area contributed by atoms with Crippen LogP contribution in [0.4, 0.5) is 0 Å². The van der Waals surface area contributed by atoms with Crippen molar-refractivity contribution < 1.29 is 18.9 Å². The minimum atomic E-state index is -1.42. The van der Waals surface area contributed by atoms with E-state index in [2.05, 4.69) is 115 Å². The van der Waals surface area contributed by atoms with Gasteiger partial charge in [0, 0.05) is 18.5 Å². The number of alkyl halides is 6. The van der Waals surface area contributed by atoms with Crippen LogP contribution in [0.25, 0.3) is 11.1 Å². The second-order valence-corrected chi connectivity index (χ2v) is 15.9. The van der Waals surface area contributed by atoms with E-state index in [1.807, 2.05) is 49.4 Å². The molecule has 2 unspecified atom stereocenters. The van der Waals surface area contributed by atoms with Crippen molar-refractivity contribution in [1.29, 1.82) is 0 Å². The van der Waals surface area contributed by atoms with Gasteiger partial charge in [-0.1, -0.05) is 104 Å². The molecule has 0 saturated carbocycles. The first kappa shape index (κ1) is 31.2. The van der Waals surface area contributed by atoms with Crippen LogP contribution in [0.2, 0.25) is 0 Å². The number of ether oxygens (including phenoxy) is 4. The summed E-state index contributed by atoms with van der Waals surface area (Å²) in [6, 6.07) is 18.0. The van der Waals surface area contributed by atoms with Gasteiger partial charge < -0.3 is 18.9 Å². The molecule has 2 aromatic carbocycles. The molecule has 0 aliphatic carbocycles. The maximum atomic E-state index is 6.48. The largest absolute Gasteiger partial charge is 0.450 e. The number of hydrogen-bond acceptors (Lipinski definition) is 4. The van der Waals surface area contributed by atoms with Gasteiger partial charge in [0.2, 0.25) is 6.65 Å². The SMILES string of the molecule is CCCOC(CBr)COC(Br)(Oc1cccc(-c2ccccc2)c1)C(Br)(Br)C(Br)(Br)OCCC. The predicted molar refractivity (Wildman–Crippen MR) is 161 cm³/mol. The fourth-order valence-electron chi connectivity index (χ4n) is 2.82. The molecule has 2 atom stereocenters. The molecule has 190 valence electrons. The van der Waals surface area contributed by atoms with Gasteiger partial charge in [0.25, 0.3) is 4.70 Å². The lowest BCUT2D eigenvalue weighted by molar-refractivity contribution is -0.146. The van der Waals surface area contributed by atoms with Gasteiger partial charge in [-0.15, -0.1) is 0 Å². The summed E-state index contributed by atoms with van der Waals surface area (Å²) in [5.74, 6) is 0.609. The van der Waals surface area contributed by atoms with Gasteiger partial charge in [0.05, 0.1) is 12.7 Å². The Labute approximate surface area is 253 Å². The molecule has 0 aliphatic rings. The Balaban J connectivity index is 2.38. The molecule has 2 aromatic rings. The molecule has 0 saturated heterocycles. The normalized spacial score (nSPS) is 15.1. The lowest BCUT2D eigenvalue weighted by atomic mass is 10.1. The Kier molecular flexibility index (Phi) is 13.6. The first-order chi connectivity index (χ1) is 16.1. The fourth-order valence-corrected chi connectivity index (χ4v) is 5.79. The summed E-state index contributed by atoms with van der Waals surface area (Å²) in [7, 11) is 0. The van der Waals surface area contributed by atoms with Crippen LogP contribution < -0.4 is 4.74 Å². The van der Waals surface area contributed by atoms with Crippen LogP contribution in [-0.4, -0.2) is 42.6 Å². The number of benzene rings is 2. The second-order valence-electron chi connectivity index (χ2n) is 7.43. The molecular weight excluding hydrogens is 832 g/mol. The van der Waals surface area contributed by atoms with Gasteiger partial charge in [0.15, 0.2) is 0 Å². The highest BCUT2D eigenvalue weighted by molar-refractivity contribution is 9.30. The maximum absolute atomic E-state index is 6.48. The molecule has 0 heterocycles. The summed E-state index contributed by atoms with van der Waals surface area (Å²) < 4.78 is 21.1. The Bertz CT molecular complexity index is 868. The third-order valence-corrected chi connectivity index (χ3v) is 13.3. The van der Waals surface area contributed by atoms with Crippen LogP contribution >= 0.6 is 95.6 Å². The third-order valence-electron chi connectivity index (χ3n) is 4.60. The fraction of sp³-hybridized carbons (Fsp3) is 0.500. The van der Waals surface area contributed by atoms with Crippen LogP contribution in [0, 0.1) is 0 Å². The first-order valence-corrected chi connectivity index (χ1v) is 15.9. The number of halogens is 6. The molecule has 4 nitrogen and oxygen atoms in total. The predicted octanol–water partition coefficient (Wildman–Crippen LogP) is 9.34. The van der Waals surface area contributed by atoms with E-state index >= 15 is 0 Å². The zero-order valence-corrected chi connectivity index (χ0v) is 28.4. The van der Waals surface area contributed by atoms with Crippen molar-refractivity contribution in [3.8, 4) is 16.9 Å². The minimum absolute atomic E-state index is 0.163. The van der Waals surface area contributed by atoms with E-state index in [4.69, 9.17) is 18.9 Å². The molecule has 0 fully saturated rings. The zero-order valence-electron chi connectivity index (χ0n) is 18.9. The smallest absolute Gasteiger partial charge is 0.298 e. The van der Waals surface area contributed by atoms with Crippen molar-refractivity contribution in [2.24, 2.45) is 0 Å². The summed E-state index contributed by atoms with van der Waals surface area (Å²) >= 11 is 22.0. The molecule has 34 heavy (non-hydrogen) atoms. The van der Waals surface area contributed by atoms with Crippen LogP contribution in [0.15, 0.2) is 54.6 Å². The highest BCUT2D eigenvalue weighted by Crippen LogP contribution is 2.59. The molecule has 0 bridgehead atoms. The molecule has 0 N–H and O–H groups in total. The van der Waals surface area contributed by atoms with Gasteiger partial charge in [-0.3, -0.25) is 0 Å². The Morgan fingerprint density at radius 1 is 0.794 bits per heavy atom. The molecule has 0 radical (unpaired) electrons. The molecule has 0 amide bonds. The Morgan fingerprint density at radius 3 is 2.06 bits per heavy atom. The van der Waals surface area contributed by atoms with E-state index in [1.54, 1.807) is 0 Å².